The molecular weight excluding hydrogens is 172 g/mol. The topological polar surface area (TPSA) is 9.23 Å². The van der Waals surface area contributed by atoms with Crippen LogP contribution in [0.25, 0.3) is 16.8 Å². The lowest BCUT2D eigenvalue weighted by Gasteiger charge is -1.98. The molecule has 2 aromatic carbocycles. The fraction of sp³-hybridized carbons (Fsp3) is 0.0769. The van der Waals surface area contributed by atoms with Crippen LogP contribution in [0.1, 0.15) is 5.56 Å². The zero-order valence-electron chi connectivity index (χ0n) is 8.10. The second-order valence-corrected chi connectivity index (χ2v) is 3.15. The Hall–Kier alpha value is -1.76. The Labute approximate surface area is 83.6 Å². The van der Waals surface area contributed by atoms with Gasteiger partial charge >= 0.3 is 0 Å². The minimum atomic E-state index is 1.16. The highest BCUT2D eigenvalue weighted by Crippen LogP contribution is 2.16. The molecule has 0 amide bonds. The Bertz CT molecular complexity index is 457. The van der Waals surface area contributed by atoms with Gasteiger partial charge < -0.3 is 4.74 Å². The van der Waals surface area contributed by atoms with Crippen molar-refractivity contribution in [3.63, 3.8) is 0 Å². The fourth-order valence-corrected chi connectivity index (χ4v) is 1.46. The molecule has 0 aliphatic rings. The van der Waals surface area contributed by atoms with Crippen LogP contribution in [0.3, 0.4) is 0 Å². The van der Waals surface area contributed by atoms with Crippen LogP contribution in [-0.2, 0) is 4.74 Å². The van der Waals surface area contributed by atoms with Gasteiger partial charge in [0, 0.05) is 0 Å². The predicted molar refractivity (Wildman–Crippen MR) is 60.0 cm³/mol. The van der Waals surface area contributed by atoms with E-state index < -0.39 is 0 Å². The van der Waals surface area contributed by atoms with E-state index in [4.69, 9.17) is 4.74 Å². The van der Waals surface area contributed by atoms with E-state index in [-0.39, 0.29) is 0 Å². The summed E-state index contributed by atoms with van der Waals surface area (Å²) in [7, 11) is 1.65. The van der Waals surface area contributed by atoms with E-state index in [0.717, 1.165) is 5.56 Å². The van der Waals surface area contributed by atoms with Crippen LogP contribution in [0.5, 0.6) is 0 Å². The first kappa shape index (κ1) is 8.82. The first-order valence-electron chi connectivity index (χ1n) is 4.58. The molecule has 1 nitrogen and oxygen atoms in total. The van der Waals surface area contributed by atoms with Crippen molar-refractivity contribution >= 4 is 16.8 Å². The summed E-state index contributed by atoms with van der Waals surface area (Å²) in [5.41, 5.74) is 1.16. The summed E-state index contributed by atoms with van der Waals surface area (Å²) in [6, 6.07) is 14.7. The van der Waals surface area contributed by atoms with Gasteiger partial charge in [0.1, 0.15) is 0 Å². The van der Waals surface area contributed by atoms with E-state index in [0.29, 0.717) is 0 Å². The summed E-state index contributed by atoms with van der Waals surface area (Å²) in [6.45, 7) is 0. The lowest BCUT2D eigenvalue weighted by Crippen LogP contribution is -1.75. The molecule has 70 valence electrons. The van der Waals surface area contributed by atoms with Crippen LogP contribution >= 0.6 is 0 Å². The maximum atomic E-state index is 4.88. The first-order valence-corrected chi connectivity index (χ1v) is 4.58. The van der Waals surface area contributed by atoms with Gasteiger partial charge in [-0.1, -0.05) is 36.4 Å². The summed E-state index contributed by atoms with van der Waals surface area (Å²) in [5, 5.41) is 2.52. The second kappa shape index (κ2) is 3.97. The SMILES string of the molecule is CO/C=C/c1ccc2ccccc2c1. The molecule has 14 heavy (non-hydrogen) atoms. The largest absolute Gasteiger partial charge is 0.504 e. The molecule has 0 aliphatic heterocycles. The highest BCUT2D eigenvalue weighted by molar-refractivity contribution is 5.84. The standard InChI is InChI=1S/C13H12O/c1-14-9-8-11-6-7-12-4-2-3-5-13(12)10-11/h2-10H,1H3/b9-8+. The fourth-order valence-electron chi connectivity index (χ4n) is 1.46. The Morgan fingerprint density at radius 2 is 1.79 bits per heavy atom. The van der Waals surface area contributed by atoms with Crippen molar-refractivity contribution in [3.8, 4) is 0 Å². The third-order valence-corrected chi connectivity index (χ3v) is 2.17. The smallest absolute Gasteiger partial charge is 0.0830 e. The molecule has 2 rings (SSSR count). The molecule has 0 spiro atoms. The summed E-state index contributed by atoms with van der Waals surface area (Å²) < 4.78 is 4.88. The van der Waals surface area contributed by atoms with Crippen LogP contribution in [-0.4, -0.2) is 7.11 Å². The van der Waals surface area contributed by atoms with Gasteiger partial charge in [-0.2, -0.15) is 0 Å². The summed E-state index contributed by atoms with van der Waals surface area (Å²) >= 11 is 0. The minimum Gasteiger partial charge on any atom is -0.504 e. The third kappa shape index (κ3) is 1.77. The molecule has 0 unspecified atom stereocenters. The molecule has 1 heteroatoms. The molecule has 0 aliphatic carbocycles. The van der Waals surface area contributed by atoms with Crippen molar-refractivity contribution in [2.45, 2.75) is 0 Å². The summed E-state index contributed by atoms with van der Waals surface area (Å²) in [5.74, 6) is 0. The van der Waals surface area contributed by atoms with Crippen LogP contribution in [0.15, 0.2) is 48.7 Å². The van der Waals surface area contributed by atoms with E-state index in [1.165, 1.54) is 10.8 Å². The number of rotatable bonds is 2. The molecule has 0 saturated carbocycles. The molecule has 0 saturated heterocycles. The van der Waals surface area contributed by atoms with Crippen LogP contribution < -0.4 is 0 Å². The average Bonchev–Trinajstić information content (AvgIpc) is 2.26. The Kier molecular flexibility index (Phi) is 2.50. The van der Waals surface area contributed by atoms with Crippen molar-refractivity contribution in [2.75, 3.05) is 7.11 Å². The maximum absolute atomic E-state index is 4.88. The van der Waals surface area contributed by atoms with E-state index in [9.17, 15) is 0 Å². The van der Waals surface area contributed by atoms with Gasteiger partial charge in [0.25, 0.3) is 0 Å². The molecular formula is C13H12O. The quantitative estimate of drug-likeness (QED) is 0.649. The number of methoxy groups -OCH3 is 1. The van der Waals surface area contributed by atoms with Crippen LogP contribution in [0.4, 0.5) is 0 Å². The molecule has 2 aromatic rings. The molecule has 0 heterocycles. The lowest BCUT2D eigenvalue weighted by atomic mass is 10.1. The van der Waals surface area contributed by atoms with E-state index in [1.54, 1.807) is 13.4 Å². The lowest BCUT2D eigenvalue weighted by molar-refractivity contribution is 0.341. The Balaban J connectivity index is 2.46. The second-order valence-electron chi connectivity index (χ2n) is 3.15. The zero-order valence-corrected chi connectivity index (χ0v) is 8.10. The summed E-state index contributed by atoms with van der Waals surface area (Å²) in [6.07, 6.45) is 3.64. The van der Waals surface area contributed by atoms with Crippen molar-refractivity contribution in [3.05, 3.63) is 54.3 Å². The van der Waals surface area contributed by atoms with Gasteiger partial charge in [-0.05, 0) is 28.5 Å². The summed E-state index contributed by atoms with van der Waals surface area (Å²) in [4.78, 5) is 0. The molecule has 0 fully saturated rings. The van der Waals surface area contributed by atoms with Gasteiger partial charge in [-0.15, -0.1) is 0 Å². The van der Waals surface area contributed by atoms with Crippen molar-refractivity contribution in [1.29, 1.82) is 0 Å². The Morgan fingerprint density at radius 1 is 1.00 bits per heavy atom. The number of benzene rings is 2. The van der Waals surface area contributed by atoms with Gasteiger partial charge in [0.05, 0.1) is 13.4 Å². The minimum absolute atomic E-state index is 1.16. The Morgan fingerprint density at radius 3 is 2.57 bits per heavy atom. The van der Waals surface area contributed by atoms with Gasteiger partial charge in [-0.25, -0.2) is 0 Å². The highest BCUT2D eigenvalue weighted by atomic mass is 16.5. The monoisotopic (exact) mass is 184 g/mol. The normalized spacial score (nSPS) is 10.9. The third-order valence-electron chi connectivity index (χ3n) is 2.17. The highest BCUT2D eigenvalue weighted by Gasteiger charge is 1.92. The average molecular weight is 184 g/mol. The van der Waals surface area contributed by atoms with Crippen LogP contribution in [0, 0.1) is 0 Å². The van der Waals surface area contributed by atoms with Gasteiger partial charge in [-0.3, -0.25) is 0 Å². The van der Waals surface area contributed by atoms with E-state index in [2.05, 4.69) is 30.3 Å². The van der Waals surface area contributed by atoms with Gasteiger partial charge in [0.15, 0.2) is 0 Å². The molecule has 0 atom stereocenters. The number of hydrogen-bond donors (Lipinski definition) is 0. The number of fused-ring (bicyclic) bond motifs is 1. The van der Waals surface area contributed by atoms with E-state index in [1.807, 2.05) is 18.2 Å². The maximum Gasteiger partial charge on any atom is 0.0830 e. The van der Waals surface area contributed by atoms with Gasteiger partial charge in [0.2, 0.25) is 0 Å². The first-order chi connectivity index (χ1) is 6.90. The van der Waals surface area contributed by atoms with Crippen LogP contribution in [0.2, 0.25) is 0 Å². The number of hydrogen-bond acceptors (Lipinski definition) is 1. The molecule has 0 aromatic heterocycles. The number of ether oxygens (including phenoxy) is 1. The van der Waals surface area contributed by atoms with Crippen molar-refractivity contribution in [2.24, 2.45) is 0 Å². The van der Waals surface area contributed by atoms with E-state index >= 15 is 0 Å². The predicted octanol–water partition coefficient (Wildman–Crippen LogP) is 3.46. The molecule has 0 bridgehead atoms. The molecule has 0 N–H and O–H groups in total. The van der Waals surface area contributed by atoms with Crippen molar-refractivity contribution in [1.82, 2.24) is 0 Å². The molecule has 0 radical (unpaired) electrons. The zero-order chi connectivity index (χ0) is 9.80. The van der Waals surface area contributed by atoms with Crippen molar-refractivity contribution < 1.29 is 4.74 Å².